The van der Waals surface area contributed by atoms with Crippen LogP contribution in [0.2, 0.25) is 0 Å². The van der Waals surface area contributed by atoms with E-state index in [9.17, 15) is 23.2 Å². The SMILES string of the molecule is Cc1ccc2nc(C)cc(C(=O)Nc3ccc(OCC(F)(F)F)c(C#N)c3)c2c1. The van der Waals surface area contributed by atoms with Gasteiger partial charge in [0.2, 0.25) is 0 Å². The highest BCUT2D eigenvalue weighted by Crippen LogP contribution is 2.26. The number of hydrogen-bond acceptors (Lipinski definition) is 4. The number of nitrogens with zero attached hydrogens (tertiary/aromatic N) is 2. The zero-order valence-corrected chi connectivity index (χ0v) is 15.6. The normalized spacial score (nSPS) is 11.2. The number of fused-ring (bicyclic) bond motifs is 1. The first-order chi connectivity index (χ1) is 13.7. The monoisotopic (exact) mass is 399 g/mol. The number of amides is 1. The summed E-state index contributed by atoms with van der Waals surface area (Å²) in [6.45, 7) is 2.17. The van der Waals surface area contributed by atoms with Crippen molar-refractivity contribution >= 4 is 22.5 Å². The van der Waals surface area contributed by atoms with Crippen LogP contribution < -0.4 is 10.1 Å². The third-order valence-electron chi connectivity index (χ3n) is 4.09. The van der Waals surface area contributed by atoms with Crippen molar-refractivity contribution in [3.63, 3.8) is 0 Å². The summed E-state index contributed by atoms with van der Waals surface area (Å²) in [7, 11) is 0. The number of aromatic nitrogens is 1. The van der Waals surface area contributed by atoms with E-state index in [1.807, 2.05) is 25.1 Å². The molecule has 2 aromatic carbocycles. The first kappa shape index (κ1) is 20.1. The van der Waals surface area contributed by atoms with Crippen LogP contribution in [-0.4, -0.2) is 23.7 Å². The van der Waals surface area contributed by atoms with Crippen molar-refractivity contribution in [3.05, 3.63) is 64.8 Å². The van der Waals surface area contributed by atoms with Crippen LogP contribution in [0.3, 0.4) is 0 Å². The highest BCUT2D eigenvalue weighted by atomic mass is 19.4. The van der Waals surface area contributed by atoms with Crippen molar-refractivity contribution in [2.75, 3.05) is 11.9 Å². The number of halogens is 3. The number of pyridine rings is 1. The molecule has 0 fully saturated rings. The molecule has 0 bridgehead atoms. The van der Waals surface area contributed by atoms with Gasteiger partial charge in [0, 0.05) is 16.8 Å². The maximum Gasteiger partial charge on any atom is 0.422 e. The third kappa shape index (κ3) is 4.82. The molecule has 1 heterocycles. The van der Waals surface area contributed by atoms with Crippen molar-refractivity contribution in [1.82, 2.24) is 4.98 Å². The third-order valence-corrected chi connectivity index (χ3v) is 4.09. The molecule has 0 atom stereocenters. The van der Waals surface area contributed by atoms with Gasteiger partial charge in [-0.2, -0.15) is 18.4 Å². The Kier molecular flexibility index (Phi) is 5.41. The Bertz CT molecular complexity index is 1130. The summed E-state index contributed by atoms with van der Waals surface area (Å²) >= 11 is 0. The molecule has 148 valence electrons. The van der Waals surface area contributed by atoms with Crippen LogP contribution in [0.5, 0.6) is 5.75 Å². The Morgan fingerprint density at radius 2 is 1.93 bits per heavy atom. The molecule has 0 saturated carbocycles. The van der Waals surface area contributed by atoms with Gasteiger partial charge in [0.1, 0.15) is 11.8 Å². The Hall–Kier alpha value is -3.60. The Morgan fingerprint density at radius 1 is 1.17 bits per heavy atom. The van der Waals surface area contributed by atoms with Crippen molar-refractivity contribution in [2.45, 2.75) is 20.0 Å². The minimum atomic E-state index is -4.52. The average Bonchev–Trinajstić information content (AvgIpc) is 2.65. The minimum Gasteiger partial charge on any atom is -0.483 e. The standard InChI is InChI=1S/C21H16F3N3O2/c1-12-3-5-18-16(7-12)17(8-13(2)26-18)20(28)27-15-4-6-19(14(9-15)10-25)29-11-21(22,23)24/h3-9H,11H2,1-2H3,(H,27,28). The summed E-state index contributed by atoms with van der Waals surface area (Å²) in [5.74, 6) is -0.623. The van der Waals surface area contributed by atoms with Crippen molar-refractivity contribution in [3.8, 4) is 11.8 Å². The first-order valence-corrected chi connectivity index (χ1v) is 8.59. The number of carbonyl (C=O) groups is 1. The summed E-state index contributed by atoms with van der Waals surface area (Å²) in [4.78, 5) is 17.2. The van der Waals surface area contributed by atoms with Crippen LogP contribution in [0.15, 0.2) is 42.5 Å². The Labute approximate surface area is 164 Å². The lowest BCUT2D eigenvalue weighted by molar-refractivity contribution is -0.153. The smallest absolute Gasteiger partial charge is 0.422 e. The number of rotatable bonds is 4. The van der Waals surface area contributed by atoms with Crippen molar-refractivity contribution < 1.29 is 22.7 Å². The summed E-state index contributed by atoms with van der Waals surface area (Å²) in [5.41, 5.74) is 2.87. The van der Waals surface area contributed by atoms with E-state index in [2.05, 4.69) is 15.0 Å². The summed E-state index contributed by atoms with van der Waals surface area (Å²) < 4.78 is 41.7. The molecule has 8 heteroatoms. The highest BCUT2D eigenvalue weighted by Gasteiger charge is 2.29. The molecule has 29 heavy (non-hydrogen) atoms. The zero-order valence-electron chi connectivity index (χ0n) is 15.6. The van der Waals surface area contributed by atoms with Crippen molar-refractivity contribution in [1.29, 1.82) is 5.26 Å². The van der Waals surface area contributed by atoms with E-state index < -0.39 is 18.7 Å². The first-order valence-electron chi connectivity index (χ1n) is 8.59. The number of nitrogens with one attached hydrogen (secondary N) is 1. The molecular formula is C21H16F3N3O2. The second-order valence-corrected chi connectivity index (χ2v) is 6.51. The van der Waals surface area contributed by atoms with Crippen LogP contribution in [-0.2, 0) is 0 Å². The number of alkyl halides is 3. The van der Waals surface area contributed by atoms with Gasteiger partial charge in [-0.3, -0.25) is 9.78 Å². The van der Waals surface area contributed by atoms with Crippen molar-refractivity contribution in [2.24, 2.45) is 0 Å². The van der Waals surface area contributed by atoms with Gasteiger partial charge >= 0.3 is 6.18 Å². The fourth-order valence-electron chi connectivity index (χ4n) is 2.84. The molecule has 3 aromatic rings. The summed E-state index contributed by atoms with van der Waals surface area (Å²) in [6.07, 6.45) is -4.52. The minimum absolute atomic E-state index is 0.112. The maximum absolute atomic E-state index is 12.8. The topological polar surface area (TPSA) is 75.0 Å². The van der Waals surface area contributed by atoms with E-state index in [1.54, 1.807) is 19.1 Å². The van der Waals surface area contributed by atoms with Gasteiger partial charge in [-0.15, -0.1) is 0 Å². The fraction of sp³-hybridized carbons (Fsp3) is 0.190. The molecule has 0 radical (unpaired) electrons. The van der Waals surface area contributed by atoms with E-state index in [0.29, 0.717) is 22.2 Å². The van der Waals surface area contributed by atoms with Crippen LogP contribution in [0, 0.1) is 25.2 Å². The van der Waals surface area contributed by atoms with Crippen LogP contribution in [0.25, 0.3) is 10.9 Å². The predicted molar refractivity (Wildman–Crippen MR) is 102 cm³/mol. The lowest BCUT2D eigenvalue weighted by Gasteiger charge is -2.13. The molecule has 3 rings (SSSR count). The number of ether oxygens (including phenoxy) is 1. The number of nitriles is 1. The van der Waals surface area contributed by atoms with E-state index in [0.717, 1.165) is 5.56 Å². The lowest BCUT2D eigenvalue weighted by atomic mass is 10.0. The maximum atomic E-state index is 12.8. The number of carbonyl (C=O) groups excluding carboxylic acids is 1. The quantitative estimate of drug-likeness (QED) is 0.676. The highest BCUT2D eigenvalue weighted by molar-refractivity contribution is 6.12. The molecule has 0 aliphatic rings. The number of benzene rings is 2. The molecule has 0 aliphatic carbocycles. The number of anilines is 1. The van der Waals surface area contributed by atoms with Gasteiger partial charge in [-0.25, -0.2) is 0 Å². The Morgan fingerprint density at radius 3 is 2.62 bits per heavy atom. The predicted octanol–water partition coefficient (Wildman–Crippen LogP) is 4.92. The molecule has 0 aliphatic heterocycles. The van der Waals surface area contributed by atoms with E-state index >= 15 is 0 Å². The summed E-state index contributed by atoms with van der Waals surface area (Å²) in [6, 6.07) is 12.9. The number of hydrogen-bond donors (Lipinski definition) is 1. The lowest BCUT2D eigenvalue weighted by Crippen LogP contribution is -2.19. The molecule has 1 aromatic heterocycles. The zero-order chi connectivity index (χ0) is 21.2. The second-order valence-electron chi connectivity index (χ2n) is 6.51. The molecule has 1 N–H and O–H groups in total. The van der Waals surface area contributed by atoms with E-state index in [1.165, 1.54) is 18.2 Å². The molecule has 1 amide bonds. The summed E-state index contributed by atoms with van der Waals surface area (Å²) in [5, 5.41) is 12.6. The average molecular weight is 399 g/mol. The van der Waals surface area contributed by atoms with Gasteiger partial charge in [0.15, 0.2) is 6.61 Å². The van der Waals surface area contributed by atoms with Gasteiger partial charge in [0.25, 0.3) is 5.91 Å². The van der Waals surface area contributed by atoms with Gasteiger partial charge in [-0.1, -0.05) is 11.6 Å². The molecule has 0 unspecified atom stereocenters. The van der Waals surface area contributed by atoms with Crippen LogP contribution in [0.4, 0.5) is 18.9 Å². The van der Waals surface area contributed by atoms with Crippen LogP contribution >= 0.6 is 0 Å². The largest absolute Gasteiger partial charge is 0.483 e. The molecule has 5 nitrogen and oxygen atoms in total. The molecular weight excluding hydrogens is 383 g/mol. The molecule has 0 spiro atoms. The fourth-order valence-corrected chi connectivity index (χ4v) is 2.84. The molecule has 0 saturated heterocycles. The van der Waals surface area contributed by atoms with E-state index in [-0.39, 0.29) is 17.0 Å². The van der Waals surface area contributed by atoms with Crippen LogP contribution in [0.1, 0.15) is 27.2 Å². The van der Waals surface area contributed by atoms with Gasteiger partial charge in [-0.05, 0) is 50.2 Å². The van der Waals surface area contributed by atoms with Gasteiger partial charge in [0.05, 0.1) is 16.6 Å². The second kappa shape index (κ2) is 7.80. The Balaban J connectivity index is 1.89. The van der Waals surface area contributed by atoms with E-state index in [4.69, 9.17) is 0 Å². The number of aryl methyl sites for hydroxylation is 2. The van der Waals surface area contributed by atoms with Gasteiger partial charge < -0.3 is 10.1 Å².